The summed E-state index contributed by atoms with van der Waals surface area (Å²) in [5.74, 6) is -0.875. The third kappa shape index (κ3) is 3.15. The van der Waals surface area contributed by atoms with E-state index in [0.717, 1.165) is 30.8 Å². The van der Waals surface area contributed by atoms with Crippen LogP contribution >= 0.6 is 0 Å². The van der Waals surface area contributed by atoms with Gasteiger partial charge < -0.3 is 14.9 Å². The Morgan fingerprint density at radius 2 is 1.96 bits per heavy atom. The number of carbonyl (C=O) groups is 3. The SMILES string of the molecule is CCN1CCC(O)(c2ccc3c(c2)CN(C2CCC(=O)NC2=O)C3=O)CC1. The Morgan fingerprint density at radius 3 is 2.63 bits per heavy atom. The second-order valence-electron chi connectivity index (χ2n) is 7.74. The standard InChI is InChI=1S/C20H25N3O4/c1-2-22-9-7-20(27,8-10-22)14-3-4-15-13(11-14)12-23(19(15)26)16-5-6-17(24)21-18(16)25/h3-4,11,16,27H,2,5-10,12H2,1H3,(H,21,24,25). The van der Waals surface area contributed by atoms with E-state index < -0.39 is 17.6 Å². The maximum Gasteiger partial charge on any atom is 0.255 e. The zero-order chi connectivity index (χ0) is 19.2. The van der Waals surface area contributed by atoms with Crippen molar-refractivity contribution in [2.24, 2.45) is 0 Å². The Balaban J connectivity index is 1.54. The van der Waals surface area contributed by atoms with E-state index in [1.807, 2.05) is 12.1 Å². The second-order valence-corrected chi connectivity index (χ2v) is 7.74. The maximum atomic E-state index is 12.8. The molecular formula is C20H25N3O4. The number of nitrogens with one attached hydrogen (secondary N) is 1. The monoisotopic (exact) mass is 371 g/mol. The largest absolute Gasteiger partial charge is 0.385 e. The molecule has 1 aromatic rings. The lowest BCUT2D eigenvalue weighted by Crippen LogP contribution is -2.52. The van der Waals surface area contributed by atoms with Gasteiger partial charge >= 0.3 is 0 Å². The zero-order valence-electron chi connectivity index (χ0n) is 15.5. The molecule has 0 aromatic heterocycles. The highest BCUT2D eigenvalue weighted by atomic mass is 16.3. The molecule has 0 aliphatic carbocycles. The molecule has 2 saturated heterocycles. The highest BCUT2D eigenvalue weighted by molar-refractivity contribution is 6.05. The average Bonchev–Trinajstić information content (AvgIpc) is 2.98. The highest BCUT2D eigenvalue weighted by Gasteiger charge is 2.40. The van der Waals surface area contributed by atoms with Crippen LogP contribution in [0.15, 0.2) is 18.2 Å². The van der Waals surface area contributed by atoms with Crippen LogP contribution < -0.4 is 5.32 Å². The van der Waals surface area contributed by atoms with Crippen LogP contribution in [0, 0.1) is 0 Å². The molecular weight excluding hydrogens is 346 g/mol. The number of carbonyl (C=O) groups excluding carboxylic acids is 3. The molecule has 0 saturated carbocycles. The van der Waals surface area contributed by atoms with E-state index in [4.69, 9.17) is 0 Å². The average molecular weight is 371 g/mol. The van der Waals surface area contributed by atoms with Crippen LogP contribution in [0.4, 0.5) is 0 Å². The summed E-state index contributed by atoms with van der Waals surface area (Å²) >= 11 is 0. The molecule has 3 aliphatic rings. The first kappa shape index (κ1) is 18.1. The summed E-state index contributed by atoms with van der Waals surface area (Å²) < 4.78 is 0. The zero-order valence-corrected chi connectivity index (χ0v) is 15.5. The van der Waals surface area contributed by atoms with Gasteiger partial charge in [-0.15, -0.1) is 0 Å². The highest BCUT2D eigenvalue weighted by Crippen LogP contribution is 2.36. The van der Waals surface area contributed by atoms with Crippen molar-refractivity contribution in [1.29, 1.82) is 0 Å². The molecule has 3 amide bonds. The fourth-order valence-electron chi connectivity index (χ4n) is 4.39. The normalized spacial score (nSPS) is 25.5. The first-order valence-electron chi connectivity index (χ1n) is 9.64. The number of hydrogen-bond acceptors (Lipinski definition) is 5. The number of rotatable bonds is 3. The molecule has 144 valence electrons. The third-order valence-corrected chi connectivity index (χ3v) is 6.19. The van der Waals surface area contributed by atoms with Crippen molar-refractivity contribution in [1.82, 2.24) is 15.1 Å². The van der Waals surface area contributed by atoms with Crippen LogP contribution in [-0.2, 0) is 21.7 Å². The molecule has 1 unspecified atom stereocenters. The number of imide groups is 1. The van der Waals surface area contributed by atoms with E-state index in [2.05, 4.69) is 17.1 Å². The van der Waals surface area contributed by atoms with Gasteiger partial charge in [0.1, 0.15) is 6.04 Å². The summed E-state index contributed by atoms with van der Waals surface area (Å²) in [7, 11) is 0. The lowest BCUT2D eigenvalue weighted by atomic mass is 9.83. The van der Waals surface area contributed by atoms with Crippen molar-refractivity contribution in [2.75, 3.05) is 19.6 Å². The quantitative estimate of drug-likeness (QED) is 0.766. The van der Waals surface area contributed by atoms with Crippen LogP contribution in [0.5, 0.6) is 0 Å². The molecule has 0 spiro atoms. The van der Waals surface area contributed by atoms with Crippen molar-refractivity contribution in [2.45, 2.75) is 50.8 Å². The van der Waals surface area contributed by atoms with Crippen LogP contribution in [-0.4, -0.2) is 58.3 Å². The fourth-order valence-corrected chi connectivity index (χ4v) is 4.39. The minimum Gasteiger partial charge on any atom is -0.385 e. The Labute approximate surface area is 158 Å². The first-order valence-corrected chi connectivity index (χ1v) is 9.64. The number of benzene rings is 1. The van der Waals surface area contributed by atoms with Crippen molar-refractivity contribution in [3.8, 4) is 0 Å². The van der Waals surface area contributed by atoms with E-state index in [1.54, 1.807) is 11.0 Å². The summed E-state index contributed by atoms with van der Waals surface area (Å²) in [5.41, 5.74) is 1.40. The Bertz CT molecular complexity index is 798. The maximum absolute atomic E-state index is 12.8. The molecule has 27 heavy (non-hydrogen) atoms. The Kier molecular flexibility index (Phi) is 4.52. The summed E-state index contributed by atoms with van der Waals surface area (Å²) in [5, 5.41) is 13.4. The first-order chi connectivity index (χ1) is 12.9. The molecule has 0 radical (unpaired) electrons. The number of nitrogens with zero attached hydrogens (tertiary/aromatic N) is 2. The third-order valence-electron chi connectivity index (χ3n) is 6.19. The van der Waals surface area contributed by atoms with Crippen LogP contribution in [0.25, 0.3) is 0 Å². The van der Waals surface area contributed by atoms with E-state index >= 15 is 0 Å². The van der Waals surface area contributed by atoms with Crippen molar-refractivity contribution >= 4 is 17.7 Å². The summed E-state index contributed by atoms with van der Waals surface area (Å²) in [6.07, 6.45) is 1.94. The predicted octanol–water partition coefficient (Wildman–Crippen LogP) is 0.751. The number of likely N-dealkylation sites (tertiary alicyclic amines) is 1. The molecule has 2 fully saturated rings. The molecule has 7 nitrogen and oxygen atoms in total. The van der Waals surface area contributed by atoms with E-state index in [9.17, 15) is 19.5 Å². The lowest BCUT2D eigenvalue weighted by molar-refractivity contribution is -0.136. The molecule has 7 heteroatoms. The number of amides is 3. The minimum atomic E-state index is -0.869. The number of aliphatic hydroxyl groups is 1. The lowest BCUT2D eigenvalue weighted by Gasteiger charge is -2.38. The molecule has 4 rings (SSSR count). The Morgan fingerprint density at radius 1 is 1.22 bits per heavy atom. The van der Waals surface area contributed by atoms with Crippen molar-refractivity contribution < 1.29 is 19.5 Å². The van der Waals surface area contributed by atoms with Gasteiger partial charge in [-0.05, 0) is 43.0 Å². The van der Waals surface area contributed by atoms with Crippen molar-refractivity contribution in [3.63, 3.8) is 0 Å². The molecule has 0 bridgehead atoms. The van der Waals surface area contributed by atoms with Gasteiger partial charge in [0.05, 0.1) is 5.60 Å². The van der Waals surface area contributed by atoms with Gasteiger partial charge in [-0.1, -0.05) is 19.1 Å². The molecule has 3 heterocycles. The van der Waals surface area contributed by atoms with Crippen LogP contribution in [0.3, 0.4) is 0 Å². The van der Waals surface area contributed by atoms with E-state index in [1.165, 1.54) is 0 Å². The van der Waals surface area contributed by atoms with Crippen molar-refractivity contribution in [3.05, 3.63) is 34.9 Å². The summed E-state index contributed by atoms with van der Waals surface area (Å²) in [4.78, 5) is 40.1. The second kappa shape index (κ2) is 6.73. The molecule has 1 atom stereocenters. The number of piperidine rings is 2. The van der Waals surface area contributed by atoms with Crippen LogP contribution in [0.1, 0.15) is 54.1 Å². The molecule has 3 aliphatic heterocycles. The van der Waals surface area contributed by atoms with Gasteiger partial charge in [0.15, 0.2) is 0 Å². The van der Waals surface area contributed by atoms with Gasteiger partial charge in [-0.25, -0.2) is 0 Å². The van der Waals surface area contributed by atoms with E-state index in [-0.39, 0.29) is 18.2 Å². The molecule has 2 N–H and O–H groups in total. The van der Waals surface area contributed by atoms with Gasteiger partial charge in [0.2, 0.25) is 11.8 Å². The van der Waals surface area contributed by atoms with Crippen LogP contribution in [0.2, 0.25) is 0 Å². The number of hydrogen-bond donors (Lipinski definition) is 2. The predicted molar refractivity (Wildman–Crippen MR) is 97.7 cm³/mol. The smallest absolute Gasteiger partial charge is 0.255 e. The topological polar surface area (TPSA) is 89.9 Å². The van der Waals surface area contributed by atoms with Gasteiger partial charge in [0, 0.05) is 31.6 Å². The van der Waals surface area contributed by atoms with E-state index in [0.29, 0.717) is 31.4 Å². The summed E-state index contributed by atoms with van der Waals surface area (Å²) in [6, 6.07) is 4.91. The number of fused-ring (bicyclic) bond motifs is 1. The fraction of sp³-hybridized carbons (Fsp3) is 0.550. The summed E-state index contributed by atoms with van der Waals surface area (Å²) in [6.45, 7) is 5.15. The Hall–Kier alpha value is -2.25. The van der Waals surface area contributed by atoms with Gasteiger partial charge in [-0.2, -0.15) is 0 Å². The van der Waals surface area contributed by atoms with Gasteiger partial charge in [-0.3, -0.25) is 19.7 Å². The minimum absolute atomic E-state index is 0.182. The molecule has 1 aromatic carbocycles. The van der Waals surface area contributed by atoms with Gasteiger partial charge in [0.25, 0.3) is 5.91 Å².